The van der Waals surface area contributed by atoms with Gasteiger partial charge in [-0.25, -0.2) is 4.79 Å². The minimum atomic E-state index is -1.82. The van der Waals surface area contributed by atoms with E-state index in [0.717, 1.165) is 12.1 Å². The summed E-state index contributed by atoms with van der Waals surface area (Å²) in [4.78, 5) is 15.0. The number of nitrogens with zero attached hydrogens (tertiary/aromatic N) is 1. The second-order valence-electron chi connectivity index (χ2n) is 1.75. The van der Waals surface area contributed by atoms with Crippen molar-refractivity contribution in [3.63, 3.8) is 0 Å². The van der Waals surface area contributed by atoms with Crippen LogP contribution in [0.3, 0.4) is 0 Å². The highest BCUT2D eigenvalue weighted by molar-refractivity contribution is 5.66. The molecule has 0 bridgehead atoms. The first-order chi connectivity index (χ1) is 6.02. The van der Waals surface area contributed by atoms with Crippen molar-refractivity contribution in [2.75, 3.05) is 0 Å². The number of rotatable bonds is 1. The van der Waals surface area contributed by atoms with E-state index in [1.54, 1.807) is 0 Å². The van der Waals surface area contributed by atoms with E-state index in [-0.39, 0.29) is 0 Å². The highest BCUT2D eigenvalue weighted by Gasteiger charge is 2.07. The molecule has 0 aliphatic heterocycles. The second-order valence-corrected chi connectivity index (χ2v) is 1.75. The Labute approximate surface area is 65.2 Å². The maximum absolute atomic E-state index is 10.7. The molecule has 0 spiro atoms. The molecule has 5 nitrogen and oxygen atoms in total. The van der Waals surface area contributed by atoms with Gasteiger partial charge in [-0.3, -0.25) is 0 Å². The molecule has 0 atom stereocenters. The number of carbonyl (C=O) groups excluding carboxylic acids is 1. The maximum atomic E-state index is 10.7. The lowest BCUT2D eigenvalue weighted by Crippen LogP contribution is -2.15. The van der Waals surface area contributed by atoms with Gasteiger partial charge in [-0.15, -0.1) is 4.73 Å². The minimum Gasteiger partial charge on any atom is -0.492 e. The fraction of sp³-hybridized carbons (Fsp3) is 0.167. The van der Waals surface area contributed by atoms with Crippen molar-refractivity contribution in [2.45, 2.75) is 6.88 Å². The quantitative estimate of drug-likeness (QED) is 0.602. The summed E-state index contributed by atoms with van der Waals surface area (Å²) in [5.41, 5.74) is 0. The van der Waals surface area contributed by atoms with Crippen LogP contribution in [-0.4, -0.2) is 20.9 Å². The zero-order chi connectivity index (χ0) is 10.0. The molecule has 1 aromatic rings. The third kappa shape index (κ3) is 1.43. The monoisotopic (exact) mass is 161 g/mol. The SMILES string of the molecule is [3H]C([3H])C(=O)On1c(O)ccc1O. The fourth-order valence-electron chi connectivity index (χ4n) is 0.585. The van der Waals surface area contributed by atoms with Gasteiger partial charge in [-0.2, -0.15) is 0 Å². The van der Waals surface area contributed by atoms with Crippen LogP contribution in [0.2, 0.25) is 0 Å². The van der Waals surface area contributed by atoms with E-state index in [2.05, 4.69) is 4.84 Å². The molecular weight excluding hydrogens is 150 g/mol. The Balaban J connectivity index is 2.79. The van der Waals surface area contributed by atoms with Crippen molar-refractivity contribution < 1.29 is 22.6 Å². The molecule has 0 fully saturated rings. The minimum absolute atomic E-state index is 0.429. The largest absolute Gasteiger partial charge is 0.492 e. The molecule has 0 saturated carbocycles. The summed E-state index contributed by atoms with van der Waals surface area (Å²) in [6.07, 6.45) is 0. The molecule has 1 aromatic heterocycles. The third-order valence-corrected chi connectivity index (χ3v) is 0.979. The summed E-state index contributed by atoms with van der Waals surface area (Å²) < 4.78 is 13.7. The van der Waals surface area contributed by atoms with Gasteiger partial charge >= 0.3 is 5.97 Å². The average Bonchev–Trinajstić information content (AvgIpc) is 2.35. The molecule has 0 aliphatic carbocycles. The zero-order valence-electron chi connectivity index (χ0n) is 7.39. The Morgan fingerprint density at radius 2 is 2.18 bits per heavy atom. The molecule has 0 aromatic carbocycles. The normalized spacial score (nSPS) is 12.5. The predicted octanol–water partition coefficient (Wildman–Crippen LogP) is -0.126. The lowest BCUT2D eigenvalue weighted by Gasteiger charge is -2.02. The van der Waals surface area contributed by atoms with Gasteiger partial charge in [-0.05, 0) is 0 Å². The summed E-state index contributed by atoms with van der Waals surface area (Å²) in [7, 11) is 0. The van der Waals surface area contributed by atoms with Gasteiger partial charge in [0, 0.05) is 21.8 Å². The smallest absolute Gasteiger partial charge is 0.330 e. The molecule has 0 amide bonds. The van der Waals surface area contributed by atoms with Crippen molar-refractivity contribution in [2.24, 2.45) is 0 Å². The van der Waals surface area contributed by atoms with Crippen LogP contribution in [0.1, 0.15) is 9.62 Å². The van der Waals surface area contributed by atoms with Crippen molar-refractivity contribution >= 4 is 5.97 Å². The standard InChI is InChI=1S/C6H7NO4/c1-4(8)11-7-5(9)2-3-6(7)10/h2-3,9-10H,1H3/i1T2. The van der Waals surface area contributed by atoms with Crippen LogP contribution in [0, 0.1) is 0 Å². The lowest BCUT2D eigenvalue weighted by atomic mass is 10.6. The lowest BCUT2D eigenvalue weighted by molar-refractivity contribution is -0.142. The highest BCUT2D eigenvalue weighted by atomic mass is 16.7. The van der Waals surface area contributed by atoms with Crippen molar-refractivity contribution in [1.82, 2.24) is 4.73 Å². The van der Waals surface area contributed by atoms with E-state index in [1.807, 2.05) is 0 Å². The van der Waals surface area contributed by atoms with E-state index < -0.39 is 24.6 Å². The second kappa shape index (κ2) is 2.53. The first-order valence-corrected chi connectivity index (χ1v) is 2.68. The third-order valence-electron chi connectivity index (χ3n) is 0.979. The molecule has 5 heteroatoms. The molecule has 11 heavy (non-hydrogen) atoms. The number of hydrogen-bond acceptors (Lipinski definition) is 4. The summed E-state index contributed by atoms with van der Waals surface area (Å²) in [5, 5.41) is 17.9. The predicted molar refractivity (Wildman–Crippen MR) is 35.0 cm³/mol. The molecule has 2 N–H and O–H groups in total. The van der Waals surface area contributed by atoms with E-state index in [0.29, 0.717) is 4.73 Å². The molecule has 0 unspecified atom stereocenters. The van der Waals surface area contributed by atoms with E-state index in [9.17, 15) is 4.79 Å². The summed E-state index contributed by atoms with van der Waals surface area (Å²) in [5.74, 6) is -2.15. The molecule has 0 saturated heterocycles. The molecule has 0 radical (unpaired) electrons. The van der Waals surface area contributed by atoms with Gasteiger partial charge in [0.1, 0.15) is 0 Å². The first-order valence-electron chi connectivity index (χ1n) is 3.84. The van der Waals surface area contributed by atoms with Crippen LogP contribution >= 0.6 is 0 Å². The Morgan fingerprint density at radius 1 is 1.64 bits per heavy atom. The van der Waals surface area contributed by atoms with Crippen molar-refractivity contribution in [3.05, 3.63) is 12.1 Å². The molecule has 60 valence electrons. The van der Waals surface area contributed by atoms with Gasteiger partial charge in [0.25, 0.3) is 0 Å². The van der Waals surface area contributed by atoms with Gasteiger partial charge in [0.15, 0.2) is 0 Å². The Bertz CT molecular complexity index is 303. The highest BCUT2D eigenvalue weighted by Crippen LogP contribution is 2.18. The van der Waals surface area contributed by atoms with Crippen LogP contribution in [-0.2, 0) is 4.79 Å². The molecule has 1 rings (SSSR count). The first kappa shape index (κ1) is 5.06. The van der Waals surface area contributed by atoms with Gasteiger partial charge in [-0.1, -0.05) is 0 Å². The van der Waals surface area contributed by atoms with Gasteiger partial charge in [0.05, 0.1) is 0 Å². The zero-order valence-corrected chi connectivity index (χ0v) is 5.39. The number of aromatic hydroxyl groups is 2. The number of hydrogen-bond donors (Lipinski definition) is 2. The molecule has 0 aliphatic rings. The summed E-state index contributed by atoms with van der Waals surface area (Å²) in [6.45, 7) is -1.82. The van der Waals surface area contributed by atoms with Gasteiger partial charge < -0.3 is 15.1 Å². The van der Waals surface area contributed by atoms with Crippen LogP contribution in [0.5, 0.6) is 11.8 Å². The summed E-state index contributed by atoms with van der Waals surface area (Å²) in [6, 6.07) is 2.21. The molecular formula is C6H7NO4. The van der Waals surface area contributed by atoms with Crippen LogP contribution in [0.25, 0.3) is 0 Å². The van der Waals surface area contributed by atoms with Crippen molar-refractivity contribution in [3.8, 4) is 11.8 Å². The van der Waals surface area contributed by atoms with E-state index in [4.69, 9.17) is 13.0 Å². The summed E-state index contributed by atoms with van der Waals surface area (Å²) >= 11 is 0. The van der Waals surface area contributed by atoms with E-state index >= 15 is 0 Å². The number of aromatic nitrogens is 1. The topological polar surface area (TPSA) is 71.7 Å². The van der Waals surface area contributed by atoms with Crippen LogP contribution in [0.15, 0.2) is 12.1 Å². The molecule has 1 heterocycles. The van der Waals surface area contributed by atoms with E-state index in [1.165, 1.54) is 0 Å². The fourth-order valence-corrected chi connectivity index (χ4v) is 0.585. The maximum Gasteiger partial charge on any atom is 0.330 e. The average molecular weight is 161 g/mol. The van der Waals surface area contributed by atoms with Gasteiger partial charge in [0.2, 0.25) is 11.8 Å². The van der Waals surface area contributed by atoms with Crippen LogP contribution in [0.4, 0.5) is 0 Å². The number of carbonyl (C=O) groups is 1. The van der Waals surface area contributed by atoms with Crippen molar-refractivity contribution in [1.29, 1.82) is 0 Å². The Hall–Kier alpha value is -1.65. The Morgan fingerprint density at radius 3 is 2.64 bits per heavy atom. The Kier molecular flexibility index (Phi) is 1.16. The van der Waals surface area contributed by atoms with Crippen LogP contribution < -0.4 is 4.84 Å².